The average Bonchev–Trinajstić information content (AvgIpc) is 2.90. The van der Waals surface area contributed by atoms with Gasteiger partial charge in [0.2, 0.25) is 0 Å². The van der Waals surface area contributed by atoms with Gasteiger partial charge in [0.15, 0.2) is 5.01 Å². The smallest absolute Gasteiger partial charge is 0.306 e. The predicted octanol–water partition coefficient (Wildman–Crippen LogP) is 4.25. The first kappa shape index (κ1) is 15.0. The number of halogens is 3. The van der Waals surface area contributed by atoms with E-state index in [0.29, 0.717) is 16.2 Å². The summed E-state index contributed by atoms with van der Waals surface area (Å²) in [7, 11) is 0. The summed E-state index contributed by atoms with van der Waals surface area (Å²) in [6.45, 7) is 2.75. The minimum absolute atomic E-state index is 0.246. The lowest BCUT2D eigenvalue weighted by Gasteiger charge is -2.17. The van der Waals surface area contributed by atoms with Crippen molar-refractivity contribution in [3.63, 3.8) is 0 Å². The molecule has 108 valence electrons. The second-order valence-corrected chi connectivity index (χ2v) is 5.43. The van der Waals surface area contributed by atoms with Crippen molar-refractivity contribution in [1.82, 2.24) is 10.3 Å². The highest BCUT2D eigenvalue weighted by Gasteiger charge is 2.35. The fourth-order valence-corrected chi connectivity index (χ4v) is 2.76. The summed E-state index contributed by atoms with van der Waals surface area (Å²) >= 11 is 0.695. The van der Waals surface area contributed by atoms with E-state index in [2.05, 4.69) is 10.3 Å². The molecular weight excluding hydrogens is 285 g/mol. The molecule has 0 saturated heterocycles. The van der Waals surface area contributed by atoms with E-state index in [4.69, 9.17) is 0 Å². The molecule has 0 aliphatic rings. The van der Waals surface area contributed by atoms with Gasteiger partial charge in [-0.1, -0.05) is 37.3 Å². The highest BCUT2D eigenvalue weighted by Crippen LogP contribution is 2.35. The summed E-state index contributed by atoms with van der Waals surface area (Å²) < 4.78 is 37.9. The molecular formula is C14H15F3N2S. The van der Waals surface area contributed by atoms with Crippen LogP contribution in [0.4, 0.5) is 13.2 Å². The first-order chi connectivity index (χ1) is 9.52. The molecule has 6 heteroatoms. The van der Waals surface area contributed by atoms with Crippen molar-refractivity contribution in [2.24, 2.45) is 0 Å². The Morgan fingerprint density at radius 2 is 1.95 bits per heavy atom. The number of hydrogen-bond acceptors (Lipinski definition) is 3. The third-order valence-corrected chi connectivity index (χ3v) is 3.89. The SMILES string of the molecule is CCCNC(c1ccccc1)c1cnc(C(F)(F)F)s1. The fraction of sp³-hybridized carbons (Fsp3) is 0.357. The summed E-state index contributed by atoms with van der Waals surface area (Å²) in [6, 6.07) is 9.20. The van der Waals surface area contributed by atoms with Gasteiger partial charge >= 0.3 is 6.18 Å². The third kappa shape index (κ3) is 3.58. The molecule has 1 aromatic heterocycles. The molecule has 1 aromatic carbocycles. The van der Waals surface area contributed by atoms with E-state index in [1.165, 1.54) is 6.20 Å². The molecule has 20 heavy (non-hydrogen) atoms. The summed E-state index contributed by atoms with van der Waals surface area (Å²) in [5.74, 6) is 0. The standard InChI is InChI=1S/C14H15F3N2S/c1-2-8-18-12(10-6-4-3-5-7-10)11-9-19-13(20-11)14(15,16)17/h3-7,9,12,18H,2,8H2,1H3. The fourth-order valence-electron chi connectivity index (χ4n) is 1.87. The van der Waals surface area contributed by atoms with Gasteiger partial charge in [-0.3, -0.25) is 0 Å². The molecule has 1 atom stereocenters. The van der Waals surface area contributed by atoms with Crippen LogP contribution in [-0.4, -0.2) is 11.5 Å². The normalized spacial score (nSPS) is 13.4. The summed E-state index contributed by atoms with van der Waals surface area (Å²) in [5, 5.41) is 2.47. The van der Waals surface area contributed by atoms with Gasteiger partial charge in [-0.2, -0.15) is 13.2 Å². The number of thiazole rings is 1. The Labute approximate surface area is 119 Å². The first-order valence-corrected chi connectivity index (χ1v) is 7.15. The van der Waals surface area contributed by atoms with Crippen LogP contribution in [0.2, 0.25) is 0 Å². The average molecular weight is 300 g/mol. The van der Waals surface area contributed by atoms with Crippen molar-refractivity contribution in [3.05, 3.63) is 52.0 Å². The lowest BCUT2D eigenvalue weighted by Crippen LogP contribution is -2.22. The summed E-state index contributed by atoms with van der Waals surface area (Å²) in [6.07, 6.45) is -2.16. The van der Waals surface area contributed by atoms with E-state index < -0.39 is 11.2 Å². The molecule has 0 spiro atoms. The van der Waals surface area contributed by atoms with Gasteiger partial charge in [0.1, 0.15) is 0 Å². The highest BCUT2D eigenvalue weighted by molar-refractivity contribution is 7.11. The molecule has 0 saturated carbocycles. The Kier molecular flexibility index (Phi) is 4.77. The molecule has 1 unspecified atom stereocenters. The lowest BCUT2D eigenvalue weighted by atomic mass is 10.1. The number of nitrogens with one attached hydrogen (secondary N) is 1. The van der Waals surface area contributed by atoms with Crippen molar-refractivity contribution in [1.29, 1.82) is 0 Å². The monoisotopic (exact) mass is 300 g/mol. The Hall–Kier alpha value is -1.40. The Bertz CT molecular complexity index is 537. The van der Waals surface area contributed by atoms with Crippen LogP contribution in [-0.2, 0) is 6.18 Å². The number of benzene rings is 1. The van der Waals surface area contributed by atoms with Crippen LogP contribution in [0.3, 0.4) is 0 Å². The van der Waals surface area contributed by atoms with Crippen molar-refractivity contribution in [3.8, 4) is 0 Å². The van der Waals surface area contributed by atoms with Crippen LogP contribution >= 0.6 is 11.3 Å². The number of alkyl halides is 3. The number of nitrogens with zero attached hydrogens (tertiary/aromatic N) is 1. The largest absolute Gasteiger partial charge is 0.443 e. The van der Waals surface area contributed by atoms with E-state index >= 15 is 0 Å². The predicted molar refractivity (Wildman–Crippen MR) is 73.7 cm³/mol. The van der Waals surface area contributed by atoms with Gasteiger partial charge in [0.05, 0.1) is 6.04 Å². The van der Waals surface area contributed by atoms with Crippen LogP contribution in [0.15, 0.2) is 36.5 Å². The van der Waals surface area contributed by atoms with Gasteiger partial charge in [-0.15, -0.1) is 11.3 Å². The Morgan fingerprint density at radius 1 is 1.25 bits per heavy atom. The van der Waals surface area contributed by atoms with Crippen molar-refractivity contribution >= 4 is 11.3 Å². The molecule has 2 nitrogen and oxygen atoms in total. The second-order valence-electron chi connectivity index (χ2n) is 4.36. The third-order valence-electron chi connectivity index (χ3n) is 2.78. The van der Waals surface area contributed by atoms with Gasteiger partial charge in [-0.25, -0.2) is 4.98 Å². The Balaban J connectivity index is 2.29. The maximum atomic E-state index is 12.6. The minimum Gasteiger partial charge on any atom is -0.306 e. The van der Waals surface area contributed by atoms with Crippen LogP contribution in [0.25, 0.3) is 0 Å². The zero-order chi connectivity index (χ0) is 14.6. The van der Waals surface area contributed by atoms with E-state index in [0.717, 1.165) is 18.5 Å². The molecule has 0 radical (unpaired) electrons. The molecule has 0 fully saturated rings. The van der Waals surface area contributed by atoms with E-state index in [9.17, 15) is 13.2 Å². The minimum atomic E-state index is -4.38. The molecule has 2 aromatic rings. The summed E-state index contributed by atoms with van der Waals surface area (Å²) in [4.78, 5) is 4.08. The van der Waals surface area contributed by atoms with Crippen LogP contribution in [0.1, 0.15) is 34.8 Å². The van der Waals surface area contributed by atoms with Crippen molar-refractivity contribution in [2.45, 2.75) is 25.6 Å². The number of aromatic nitrogens is 1. The molecule has 0 bridgehead atoms. The van der Waals surface area contributed by atoms with E-state index in [1.54, 1.807) is 0 Å². The molecule has 0 amide bonds. The van der Waals surface area contributed by atoms with Crippen LogP contribution in [0, 0.1) is 0 Å². The highest BCUT2D eigenvalue weighted by atomic mass is 32.1. The second kappa shape index (κ2) is 6.37. The molecule has 2 rings (SSSR count). The van der Waals surface area contributed by atoms with Gasteiger partial charge in [-0.05, 0) is 18.5 Å². The van der Waals surface area contributed by atoms with Crippen molar-refractivity contribution < 1.29 is 13.2 Å². The van der Waals surface area contributed by atoms with Crippen LogP contribution in [0.5, 0.6) is 0 Å². The molecule has 1 N–H and O–H groups in total. The summed E-state index contributed by atoms with van der Waals surface area (Å²) in [5.41, 5.74) is 0.943. The van der Waals surface area contributed by atoms with E-state index in [-0.39, 0.29) is 6.04 Å². The number of hydrogen-bond donors (Lipinski definition) is 1. The van der Waals surface area contributed by atoms with Crippen molar-refractivity contribution in [2.75, 3.05) is 6.54 Å². The molecule has 0 aliphatic heterocycles. The van der Waals surface area contributed by atoms with Gasteiger partial charge in [0.25, 0.3) is 0 Å². The zero-order valence-electron chi connectivity index (χ0n) is 10.9. The quantitative estimate of drug-likeness (QED) is 0.893. The topological polar surface area (TPSA) is 24.9 Å². The molecule has 1 heterocycles. The molecule has 0 aliphatic carbocycles. The lowest BCUT2D eigenvalue weighted by molar-refractivity contribution is -0.137. The van der Waals surface area contributed by atoms with Gasteiger partial charge in [0, 0.05) is 11.1 Å². The maximum absolute atomic E-state index is 12.6. The number of rotatable bonds is 5. The van der Waals surface area contributed by atoms with Crippen LogP contribution < -0.4 is 5.32 Å². The van der Waals surface area contributed by atoms with E-state index in [1.807, 2.05) is 37.3 Å². The maximum Gasteiger partial charge on any atom is 0.443 e. The first-order valence-electron chi connectivity index (χ1n) is 6.33. The Morgan fingerprint density at radius 3 is 2.50 bits per heavy atom. The zero-order valence-corrected chi connectivity index (χ0v) is 11.8. The van der Waals surface area contributed by atoms with Gasteiger partial charge < -0.3 is 5.32 Å².